The number of cyclic esters (lactones) is 1. The van der Waals surface area contributed by atoms with Crippen molar-refractivity contribution in [2.75, 3.05) is 20.8 Å². The fourth-order valence-electron chi connectivity index (χ4n) is 2.77. The van der Waals surface area contributed by atoms with Crippen LogP contribution in [0.2, 0.25) is 0 Å². The topological polar surface area (TPSA) is 78.9 Å². The van der Waals surface area contributed by atoms with Crippen LogP contribution in [-0.2, 0) is 28.6 Å². The average Bonchev–Trinajstić information content (AvgIpc) is 2.88. The molecule has 0 aromatic rings. The summed E-state index contributed by atoms with van der Waals surface area (Å²) >= 11 is 0. The monoisotopic (exact) mass is 242 g/mol. The van der Waals surface area contributed by atoms with Crippen molar-refractivity contribution in [2.24, 2.45) is 17.3 Å². The molecule has 6 heteroatoms. The van der Waals surface area contributed by atoms with Crippen LogP contribution in [-0.4, -0.2) is 38.7 Å². The van der Waals surface area contributed by atoms with Gasteiger partial charge in [0.05, 0.1) is 26.7 Å². The molecule has 0 aromatic heterocycles. The van der Waals surface area contributed by atoms with Crippen LogP contribution in [0.25, 0.3) is 0 Å². The van der Waals surface area contributed by atoms with Gasteiger partial charge >= 0.3 is 17.9 Å². The highest BCUT2D eigenvalue weighted by Gasteiger charge is 2.61. The summed E-state index contributed by atoms with van der Waals surface area (Å²) in [6.07, 6.45) is 0.374. The summed E-state index contributed by atoms with van der Waals surface area (Å²) in [6, 6.07) is 0. The van der Waals surface area contributed by atoms with E-state index in [2.05, 4.69) is 9.47 Å². The van der Waals surface area contributed by atoms with E-state index in [1.54, 1.807) is 0 Å². The molecule has 1 heterocycles. The Bertz CT molecular complexity index is 358. The second-order valence-electron chi connectivity index (χ2n) is 4.47. The van der Waals surface area contributed by atoms with Crippen LogP contribution in [0.4, 0.5) is 0 Å². The Morgan fingerprint density at radius 3 is 2.29 bits per heavy atom. The molecule has 1 aliphatic carbocycles. The largest absolute Gasteiger partial charge is 0.468 e. The zero-order valence-corrected chi connectivity index (χ0v) is 9.73. The lowest BCUT2D eigenvalue weighted by molar-refractivity contribution is -0.169. The standard InChI is InChI=1S/C11H14O6/c1-15-9(13)11(10(14)16-2)3-6-5-17-8(12)7(6)4-11/h6-7H,3-5H2,1-2H3/t6-,7-/m0/s1. The summed E-state index contributed by atoms with van der Waals surface area (Å²) in [7, 11) is 2.44. The number of carbonyl (C=O) groups excluding carboxylic acids is 3. The molecule has 0 spiro atoms. The van der Waals surface area contributed by atoms with E-state index in [0.29, 0.717) is 0 Å². The van der Waals surface area contributed by atoms with Crippen LogP contribution in [0.1, 0.15) is 12.8 Å². The molecule has 17 heavy (non-hydrogen) atoms. The SMILES string of the molecule is COC(=O)C1(C(=O)OC)C[C@H]2COC(=O)[C@H]2C1. The maximum Gasteiger partial charge on any atom is 0.323 e. The smallest absolute Gasteiger partial charge is 0.323 e. The predicted octanol–water partition coefficient (Wildman–Crippen LogP) is -0.0982. The second kappa shape index (κ2) is 4.01. The Kier molecular flexibility index (Phi) is 2.81. The van der Waals surface area contributed by atoms with Crippen LogP contribution in [0.5, 0.6) is 0 Å². The van der Waals surface area contributed by atoms with E-state index in [-0.39, 0.29) is 31.3 Å². The molecule has 0 N–H and O–H groups in total. The maximum absolute atomic E-state index is 11.8. The van der Waals surface area contributed by atoms with Gasteiger partial charge in [0.25, 0.3) is 0 Å². The van der Waals surface area contributed by atoms with Gasteiger partial charge in [-0.3, -0.25) is 14.4 Å². The fourth-order valence-corrected chi connectivity index (χ4v) is 2.77. The first-order valence-electron chi connectivity index (χ1n) is 5.38. The second-order valence-corrected chi connectivity index (χ2v) is 4.47. The van der Waals surface area contributed by atoms with Gasteiger partial charge < -0.3 is 14.2 Å². The molecule has 1 saturated carbocycles. The van der Waals surface area contributed by atoms with Crippen molar-refractivity contribution in [2.45, 2.75) is 12.8 Å². The predicted molar refractivity (Wildman–Crippen MR) is 53.6 cm³/mol. The summed E-state index contributed by atoms with van der Waals surface area (Å²) in [6.45, 7) is 0.263. The Labute approximate surface area is 98.2 Å². The molecule has 2 aliphatic rings. The van der Waals surface area contributed by atoms with E-state index < -0.39 is 23.3 Å². The van der Waals surface area contributed by atoms with Crippen LogP contribution in [0.15, 0.2) is 0 Å². The number of hydrogen-bond donors (Lipinski definition) is 0. The van der Waals surface area contributed by atoms with Crippen molar-refractivity contribution in [3.63, 3.8) is 0 Å². The summed E-state index contributed by atoms with van der Waals surface area (Å²) in [5.41, 5.74) is -1.34. The van der Waals surface area contributed by atoms with Crippen LogP contribution < -0.4 is 0 Å². The number of rotatable bonds is 2. The third kappa shape index (κ3) is 1.59. The molecule has 0 amide bonds. The van der Waals surface area contributed by atoms with E-state index in [0.717, 1.165) is 0 Å². The van der Waals surface area contributed by atoms with Crippen molar-refractivity contribution in [3.05, 3.63) is 0 Å². The van der Waals surface area contributed by atoms with E-state index in [4.69, 9.17) is 4.74 Å². The summed E-state index contributed by atoms with van der Waals surface area (Å²) in [4.78, 5) is 35.0. The maximum atomic E-state index is 11.8. The van der Waals surface area contributed by atoms with Gasteiger partial charge in [0, 0.05) is 5.92 Å². The number of fused-ring (bicyclic) bond motifs is 1. The van der Waals surface area contributed by atoms with E-state index in [1.165, 1.54) is 14.2 Å². The van der Waals surface area contributed by atoms with Gasteiger partial charge in [0.1, 0.15) is 0 Å². The Hall–Kier alpha value is -1.59. The van der Waals surface area contributed by atoms with E-state index >= 15 is 0 Å². The minimum atomic E-state index is -1.34. The quantitative estimate of drug-likeness (QED) is 0.382. The molecular formula is C11H14O6. The fraction of sp³-hybridized carbons (Fsp3) is 0.727. The van der Waals surface area contributed by atoms with E-state index in [9.17, 15) is 14.4 Å². The minimum absolute atomic E-state index is 0.0966. The summed E-state index contributed by atoms with van der Waals surface area (Å²) in [5.74, 6) is -2.10. The highest BCUT2D eigenvalue weighted by atomic mass is 16.6. The van der Waals surface area contributed by atoms with Crippen LogP contribution >= 0.6 is 0 Å². The Morgan fingerprint density at radius 2 is 1.82 bits per heavy atom. The third-order valence-corrected chi connectivity index (χ3v) is 3.64. The number of carbonyl (C=O) groups is 3. The first-order valence-corrected chi connectivity index (χ1v) is 5.38. The van der Waals surface area contributed by atoms with Gasteiger partial charge in [-0.1, -0.05) is 0 Å². The summed E-state index contributed by atoms with van der Waals surface area (Å²) in [5, 5.41) is 0. The van der Waals surface area contributed by atoms with Crippen LogP contribution in [0, 0.1) is 17.3 Å². The molecule has 2 fully saturated rings. The molecule has 0 bridgehead atoms. The average molecular weight is 242 g/mol. The zero-order valence-electron chi connectivity index (χ0n) is 9.73. The molecule has 94 valence electrons. The molecule has 1 saturated heterocycles. The van der Waals surface area contributed by atoms with Crippen molar-refractivity contribution in [1.82, 2.24) is 0 Å². The molecule has 0 radical (unpaired) electrons. The lowest BCUT2D eigenvalue weighted by atomic mass is 9.84. The molecule has 2 atom stereocenters. The number of ether oxygens (including phenoxy) is 3. The summed E-state index contributed by atoms with van der Waals surface area (Å²) < 4.78 is 14.2. The van der Waals surface area contributed by atoms with Crippen molar-refractivity contribution in [3.8, 4) is 0 Å². The van der Waals surface area contributed by atoms with Gasteiger partial charge in [-0.2, -0.15) is 0 Å². The van der Waals surface area contributed by atoms with Gasteiger partial charge in [-0.15, -0.1) is 0 Å². The highest BCUT2D eigenvalue weighted by molar-refractivity contribution is 6.01. The molecule has 0 unspecified atom stereocenters. The van der Waals surface area contributed by atoms with Gasteiger partial charge in [-0.05, 0) is 12.8 Å². The highest BCUT2D eigenvalue weighted by Crippen LogP contribution is 2.50. The minimum Gasteiger partial charge on any atom is -0.468 e. The number of methoxy groups -OCH3 is 2. The zero-order chi connectivity index (χ0) is 12.6. The van der Waals surface area contributed by atoms with Crippen molar-refractivity contribution < 1.29 is 28.6 Å². The first-order chi connectivity index (χ1) is 8.05. The normalized spacial score (nSPS) is 29.4. The molecule has 1 aliphatic heterocycles. The van der Waals surface area contributed by atoms with Crippen molar-refractivity contribution in [1.29, 1.82) is 0 Å². The van der Waals surface area contributed by atoms with E-state index in [1.807, 2.05) is 0 Å². The molecular weight excluding hydrogens is 228 g/mol. The lowest BCUT2D eigenvalue weighted by Gasteiger charge is -2.23. The molecule has 2 rings (SSSR count). The van der Waals surface area contributed by atoms with Crippen LogP contribution in [0.3, 0.4) is 0 Å². The third-order valence-electron chi connectivity index (χ3n) is 3.64. The van der Waals surface area contributed by atoms with Crippen molar-refractivity contribution >= 4 is 17.9 Å². The molecule has 0 aromatic carbocycles. The molecule has 6 nitrogen and oxygen atoms in total. The Morgan fingerprint density at radius 1 is 1.24 bits per heavy atom. The lowest BCUT2D eigenvalue weighted by Crippen LogP contribution is -2.40. The number of hydrogen-bond acceptors (Lipinski definition) is 6. The number of esters is 3. The van der Waals surface area contributed by atoms with Gasteiger partial charge in [0.2, 0.25) is 0 Å². The van der Waals surface area contributed by atoms with Gasteiger partial charge in [-0.25, -0.2) is 0 Å². The Balaban J connectivity index is 2.29. The first kappa shape index (κ1) is 11.9. The van der Waals surface area contributed by atoms with Gasteiger partial charge in [0.15, 0.2) is 5.41 Å².